The molecule has 0 spiro atoms. The zero-order chi connectivity index (χ0) is 10.8. The van der Waals surface area contributed by atoms with Crippen LogP contribution in [0.5, 0.6) is 0 Å². The second-order valence-corrected chi connectivity index (χ2v) is 4.07. The summed E-state index contributed by atoms with van der Waals surface area (Å²) in [5.74, 6) is 0. The zero-order valence-electron chi connectivity index (χ0n) is 8.56. The second kappa shape index (κ2) is 4.49. The summed E-state index contributed by atoms with van der Waals surface area (Å²) in [4.78, 5) is 0.594. The molecular formula is C9H17F3N2. The minimum atomic E-state index is -4.17. The van der Waals surface area contributed by atoms with Gasteiger partial charge in [0.2, 0.25) is 0 Å². The minimum Gasteiger partial charge on any atom is -0.311 e. The van der Waals surface area contributed by atoms with Crippen LogP contribution in [0.4, 0.5) is 13.2 Å². The van der Waals surface area contributed by atoms with Crippen LogP contribution in [0.2, 0.25) is 0 Å². The van der Waals surface area contributed by atoms with E-state index in [0.29, 0.717) is 11.3 Å². The summed E-state index contributed by atoms with van der Waals surface area (Å²) >= 11 is 0. The van der Waals surface area contributed by atoms with Gasteiger partial charge in [0.1, 0.15) is 0 Å². The van der Waals surface area contributed by atoms with Crippen LogP contribution in [-0.4, -0.2) is 36.4 Å². The van der Waals surface area contributed by atoms with E-state index in [9.17, 15) is 13.2 Å². The molecule has 1 heterocycles. The molecule has 0 saturated carbocycles. The first-order valence-electron chi connectivity index (χ1n) is 4.97. The number of piperidine rings is 1. The molecule has 0 bridgehead atoms. The standard InChI is InChI=1S/C9H17F3N2/c1-7(2)13-8-4-3-5-14(6-8)9(10,11)12/h7-8,13H,3-6H2,1-2H3/t8-/m1/s1. The lowest BCUT2D eigenvalue weighted by atomic mass is 10.1. The van der Waals surface area contributed by atoms with Crippen molar-refractivity contribution in [1.82, 2.24) is 10.2 Å². The molecule has 84 valence electrons. The maximum atomic E-state index is 12.4. The molecule has 0 aromatic heterocycles. The molecule has 1 fully saturated rings. The molecular weight excluding hydrogens is 193 g/mol. The number of nitrogens with one attached hydrogen (secondary N) is 1. The van der Waals surface area contributed by atoms with Crippen LogP contribution in [0, 0.1) is 0 Å². The molecule has 1 aliphatic heterocycles. The van der Waals surface area contributed by atoms with Crippen LogP contribution < -0.4 is 5.32 Å². The molecule has 1 rings (SSSR count). The summed E-state index contributed by atoms with van der Waals surface area (Å²) in [6.45, 7) is 4.13. The van der Waals surface area contributed by atoms with Gasteiger partial charge >= 0.3 is 6.30 Å². The van der Waals surface area contributed by atoms with Gasteiger partial charge in [-0.25, -0.2) is 4.90 Å². The Morgan fingerprint density at radius 2 is 2.00 bits per heavy atom. The van der Waals surface area contributed by atoms with Crippen LogP contribution in [0.15, 0.2) is 0 Å². The Hall–Kier alpha value is -0.290. The molecule has 0 aromatic carbocycles. The first kappa shape index (κ1) is 11.8. The number of alkyl halides is 3. The summed E-state index contributed by atoms with van der Waals surface area (Å²) in [5.41, 5.74) is 0. The summed E-state index contributed by atoms with van der Waals surface area (Å²) in [6.07, 6.45) is -2.72. The van der Waals surface area contributed by atoms with Gasteiger partial charge in [-0.15, -0.1) is 0 Å². The monoisotopic (exact) mass is 210 g/mol. The second-order valence-electron chi connectivity index (χ2n) is 4.07. The fourth-order valence-electron chi connectivity index (χ4n) is 1.81. The van der Waals surface area contributed by atoms with Gasteiger partial charge in [0, 0.05) is 25.2 Å². The fraction of sp³-hybridized carbons (Fsp3) is 1.00. The van der Waals surface area contributed by atoms with E-state index >= 15 is 0 Å². The molecule has 1 saturated heterocycles. The lowest BCUT2D eigenvalue weighted by molar-refractivity contribution is -0.251. The van der Waals surface area contributed by atoms with Crippen molar-refractivity contribution in [2.75, 3.05) is 13.1 Å². The van der Waals surface area contributed by atoms with Gasteiger partial charge in [0.05, 0.1) is 0 Å². The number of hydrogen-bond donors (Lipinski definition) is 1. The Morgan fingerprint density at radius 1 is 1.36 bits per heavy atom. The Labute approximate surface area is 82.5 Å². The summed E-state index contributed by atoms with van der Waals surface area (Å²) in [7, 11) is 0. The van der Waals surface area contributed by atoms with Gasteiger partial charge in [0.25, 0.3) is 0 Å². The normalized spacial score (nSPS) is 25.7. The van der Waals surface area contributed by atoms with Gasteiger partial charge in [-0.2, -0.15) is 13.2 Å². The molecule has 5 heteroatoms. The van der Waals surface area contributed by atoms with E-state index in [0.717, 1.165) is 6.42 Å². The molecule has 0 aliphatic carbocycles. The van der Waals surface area contributed by atoms with Gasteiger partial charge in [-0.3, -0.25) is 0 Å². The van der Waals surface area contributed by atoms with E-state index < -0.39 is 6.30 Å². The number of halogens is 3. The Bertz CT molecular complexity index is 179. The van der Waals surface area contributed by atoms with E-state index in [2.05, 4.69) is 5.32 Å². The predicted octanol–water partition coefficient (Wildman–Crippen LogP) is 1.97. The SMILES string of the molecule is CC(C)N[C@@H]1CCCN(C(F)(F)F)C1. The molecule has 2 nitrogen and oxygen atoms in total. The van der Waals surface area contributed by atoms with Crippen molar-refractivity contribution in [3.05, 3.63) is 0 Å². The number of rotatable bonds is 2. The molecule has 0 unspecified atom stereocenters. The highest BCUT2D eigenvalue weighted by molar-refractivity contribution is 4.80. The highest BCUT2D eigenvalue weighted by Crippen LogP contribution is 2.25. The average Bonchev–Trinajstić information content (AvgIpc) is 2.01. The quantitative estimate of drug-likeness (QED) is 0.701. The van der Waals surface area contributed by atoms with Crippen molar-refractivity contribution in [2.24, 2.45) is 0 Å². The van der Waals surface area contributed by atoms with Gasteiger partial charge in [-0.1, -0.05) is 13.8 Å². The van der Waals surface area contributed by atoms with Crippen molar-refractivity contribution in [1.29, 1.82) is 0 Å². The van der Waals surface area contributed by atoms with E-state index in [1.54, 1.807) is 0 Å². The third-order valence-electron chi connectivity index (χ3n) is 2.35. The predicted molar refractivity (Wildman–Crippen MR) is 48.9 cm³/mol. The van der Waals surface area contributed by atoms with E-state index in [-0.39, 0.29) is 25.2 Å². The molecule has 0 radical (unpaired) electrons. The highest BCUT2D eigenvalue weighted by Gasteiger charge is 2.39. The number of likely N-dealkylation sites (tertiary alicyclic amines) is 1. The third-order valence-corrected chi connectivity index (χ3v) is 2.35. The van der Waals surface area contributed by atoms with E-state index in [1.807, 2.05) is 13.8 Å². The maximum Gasteiger partial charge on any atom is 0.459 e. The number of nitrogens with zero attached hydrogens (tertiary/aromatic N) is 1. The van der Waals surface area contributed by atoms with Crippen molar-refractivity contribution in [3.63, 3.8) is 0 Å². The molecule has 1 N–H and O–H groups in total. The lowest BCUT2D eigenvalue weighted by Gasteiger charge is -2.35. The maximum absolute atomic E-state index is 12.4. The van der Waals surface area contributed by atoms with Gasteiger partial charge in [-0.05, 0) is 12.8 Å². The zero-order valence-corrected chi connectivity index (χ0v) is 8.56. The Kier molecular flexibility index (Phi) is 3.78. The van der Waals surface area contributed by atoms with Crippen molar-refractivity contribution in [2.45, 2.75) is 45.1 Å². The van der Waals surface area contributed by atoms with Crippen molar-refractivity contribution >= 4 is 0 Å². The highest BCUT2D eigenvalue weighted by atomic mass is 19.4. The average molecular weight is 210 g/mol. The summed E-state index contributed by atoms with van der Waals surface area (Å²) in [5, 5.41) is 3.14. The summed E-state index contributed by atoms with van der Waals surface area (Å²) in [6, 6.07) is 0.221. The summed E-state index contributed by atoms with van der Waals surface area (Å²) < 4.78 is 37.1. The first-order valence-corrected chi connectivity index (χ1v) is 4.97. The van der Waals surface area contributed by atoms with Crippen molar-refractivity contribution < 1.29 is 13.2 Å². The largest absolute Gasteiger partial charge is 0.459 e. The smallest absolute Gasteiger partial charge is 0.311 e. The van der Waals surface area contributed by atoms with Crippen LogP contribution in [0.1, 0.15) is 26.7 Å². The molecule has 1 atom stereocenters. The Morgan fingerprint density at radius 3 is 2.50 bits per heavy atom. The fourth-order valence-corrected chi connectivity index (χ4v) is 1.81. The molecule has 0 aromatic rings. The van der Waals surface area contributed by atoms with Crippen LogP contribution >= 0.6 is 0 Å². The van der Waals surface area contributed by atoms with Gasteiger partial charge < -0.3 is 5.32 Å². The third kappa shape index (κ3) is 3.46. The van der Waals surface area contributed by atoms with Crippen molar-refractivity contribution in [3.8, 4) is 0 Å². The minimum absolute atomic E-state index is 0.0228. The molecule has 1 aliphatic rings. The molecule has 14 heavy (non-hydrogen) atoms. The van der Waals surface area contributed by atoms with E-state index in [1.165, 1.54) is 0 Å². The van der Waals surface area contributed by atoms with Gasteiger partial charge in [0.15, 0.2) is 0 Å². The van der Waals surface area contributed by atoms with Crippen LogP contribution in [0.3, 0.4) is 0 Å². The lowest BCUT2D eigenvalue weighted by Crippen LogP contribution is -2.52. The topological polar surface area (TPSA) is 15.3 Å². The Balaban J connectivity index is 2.44. The number of hydrogen-bond acceptors (Lipinski definition) is 2. The molecule has 0 amide bonds. The van der Waals surface area contributed by atoms with Crippen LogP contribution in [-0.2, 0) is 0 Å². The first-order chi connectivity index (χ1) is 6.39. The van der Waals surface area contributed by atoms with Crippen LogP contribution in [0.25, 0.3) is 0 Å². The van der Waals surface area contributed by atoms with E-state index in [4.69, 9.17) is 0 Å².